The molecule has 0 aliphatic carbocycles. The second-order valence-corrected chi connectivity index (χ2v) is 4.26. The van der Waals surface area contributed by atoms with Crippen LogP contribution in [0.25, 0.3) is 11.1 Å². The molecule has 2 aromatic rings. The zero-order chi connectivity index (χ0) is 11.7. The highest BCUT2D eigenvalue weighted by Gasteiger charge is 2.09. The van der Waals surface area contributed by atoms with Crippen LogP contribution in [0, 0.1) is 0 Å². The SMILES string of the molecule is NC(=O)CCn1c(=O)oc2cc(Br)ccc21. The van der Waals surface area contributed by atoms with Crippen LogP contribution >= 0.6 is 15.9 Å². The molecule has 6 heteroatoms. The number of benzene rings is 1. The Bertz CT molecular complexity index is 600. The summed E-state index contributed by atoms with van der Waals surface area (Å²) >= 11 is 3.28. The fraction of sp³-hybridized carbons (Fsp3) is 0.200. The molecule has 1 amide bonds. The number of halogens is 1. The molecular formula is C10H9BrN2O3. The molecule has 0 fully saturated rings. The first-order valence-corrected chi connectivity index (χ1v) is 5.44. The zero-order valence-corrected chi connectivity index (χ0v) is 9.86. The van der Waals surface area contributed by atoms with Crippen molar-refractivity contribution in [2.45, 2.75) is 13.0 Å². The summed E-state index contributed by atoms with van der Waals surface area (Å²) in [4.78, 5) is 22.2. The maximum Gasteiger partial charge on any atom is 0.419 e. The molecule has 0 atom stereocenters. The van der Waals surface area contributed by atoms with Gasteiger partial charge in [-0.3, -0.25) is 9.36 Å². The van der Waals surface area contributed by atoms with Gasteiger partial charge in [-0.2, -0.15) is 0 Å². The average Bonchev–Trinajstić information content (AvgIpc) is 2.50. The molecule has 0 bridgehead atoms. The van der Waals surface area contributed by atoms with Crippen molar-refractivity contribution in [2.75, 3.05) is 0 Å². The van der Waals surface area contributed by atoms with Crippen LogP contribution in [0.2, 0.25) is 0 Å². The normalized spacial score (nSPS) is 10.8. The van der Waals surface area contributed by atoms with Crippen LogP contribution < -0.4 is 11.5 Å². The summed E-state index contributed by atoms with van der Waals surface area (Å²) in [6, 6.07) is 5.26. The van der Waals surface area contributed by atoms with E-state index in [1.165, 1.54) is 4.57 Å². The minimum absolute atomic E-state index is 0.116. The van der Waals surface area contributed by atoms with E-state index in [0.717, 1.165) is 4.47 Å². The monoisotopic (exact) mass is 284 g/mol. The Labute approximate surface area is 99.0 Å². The number of nitrogens with zero attached hydrogens (tertiary/aromatic N) is 1. The molecule has 1 heterocycles. The first-order chi connectivity index (χ1) is 7.58. The molecule has 0 saturated carbocycles. The molecule has 0 aliphatic rings. The number of hydrogen-bond acceptors (Lipinski definition) is 3. The van der Waals surface area contributed by atoms with Crippen LogP contribution in [0.1, 0.15) is 6.42 Å². The molecule has 1 aromatic heterocycles. The van der Waals surface area contributed by atoms with Gasteiger partial charge in [0.15, 0.2) is 5.58 Å². The fourth-order valence-corrected chi connectivity index (χ4v) is 1.81. The van der Waals surface area contributed by atoms with Gasteiger partial charge in [0.05, 0.1) is 5.52 Å². The van der Waals surface area contributed by atoms with Crippen molar-refractivity contribution in [3.8, 4) is 0 Å². The Morgan fingerprint density at radius 2 is 2.25 bits per heavy atom. The van der Waals surface area contributed by atoms with Crippen molar-refractivity contribution in [1.82, 2.24) is 4.57 Å². The van der Waals surface area contributed by atoms with Crippen LogP contribution in [0.3, 0.4) is 0 Å². The van der Waals surface area contributed by atoms with Gasteiger partial charge < -0.3 is 10.2 Å². The van der Waals surface area contributed by atoms with E-state index in [9.17, 15) is 9.59 Å². The van der Waals surface area contributed by atoms with Crippen LogP contribution in [-0.2, 0) is 11.3 Å². The van der Waals surface area contributed by atoms with Gasteiger partial charge in [0.25, 0.3) is 0 Å². The maximum atomic E-state index is 11.5. The topological polar surface area (TPSA) is 78.2 Å². The summed E-state index contributed by atoms with van der Waals surface area (Å²) in [6.45, 7) is 0.239. The third-order valence-electron chi connectivity index (χ3n) is 2.21. The van der Waals surface area contributed by atoms with Crippen LogP contribution in [-0.4, -0.2) is 10.5 Å². The molecule has 1 aromatic carbocycles. The first kappa shape index (κ1) is 10.9. The largest absolute Gasteiger partial charge is 0.419 e. The Kier molecular flexibility index (Phi) is 2.82. The summed E-state index contributed by atoms with van der Waals surface area (Å²) in [5.41, 5.74) is 6.19. The number of hydrogen-bond donors (Lipinski definition) is 1. The van der Waals surface area contributed by atoms with Crippen LogP contribution in [0.4, 0.5) is 0 Å². The Hall–Kier alpha value is -1.56. The summed E-state index contributed by atoms with van der Waals surface area (Å²) in [6.07, 6.45) is 0.116. The molecule has 0 radical (unpaired) electrons. The number of carbonyl (C=O) groups excluding carboxylic acids is 1. The summed E-state index contributed by atoms with van der Waals surface area (Å²) < 4.78 is 7.26. The van der Waals surface area contributed by atoms with Gasteiger partial charge in [-0.1, -0.05) is 15.9 Å². The van der Waals surface area contributed by atoms with Crippen molar-refractivity contribution in [3.05, 3.63) is 33.2 Å². The third kappa shape index (κ3) is 2.01. The number of nitrogens with two attached hydrogens (primary N) is 1. The van der Waals surface area contributed by atoms with Crippen LogP contribution in [0.5, 0.6) is 0 Å². The van der Waals surface area contributed by atoms with E-state index in [2.05, 4.69) is 15.9 Å². The lowest BCUT2D eigenvalue weighted by Gasteiger charge is -1.99. The standard InChI is InChI=1S/C10H9BrN2O3/c11-6-1-2-7-8(5-6)16-10(15)13(7)4-3-9(12)14/h1-2,5H,3-4H2,(H2,12,14). The number of carbonyl (C=O) groups is 1. The van der Waals surface area contributed by atoms with Crippen molar-refractivity contribution in [2.24, 2.45) is 5.73 Å². The number of oxazole rings is 1. The van der Waals surface area contributed by atoms with Crippen molar-refractivity contribution < 1.29 is 9.21 Å². The van der Waals surface area contributed by atoms with Gasteiger partial charge in [0, 0.05) is 17.4 Å². The molecular weight excluding hydrogens is 276 g/mol. The minimum Gasteiger partial charge on any atom is -0.408 e. The van der Waals surface area contributed by atoms with Crippen molar-refractivity contribution >= 4 is 32.9 Å². The maximum absolute atomic E-state index is 11.5. The van der Waals surface area contributed by atoms with Gasteiger partial charge in [0.1, 0.15) is 0 Å². The number of aryl methyl sites for hydroxylation is 1. The molecule has 84 valence electrons. The number of aromatic nitrogens is 1. The number of fused-ring (bicyclic) bond motifs is 1. The number of rotatable bonds is 3. The van der Waals surface area contributed by atoms with E-state index in [4.69, 9.17) is 10.2 Å². The molecule has 16 heavy (non-hydrogen) atoms. The molecule has 2 rings (SSSR count). The highest BCUT2D eigenvalue weighted by molar-refractivity contribution is 9.10. The van der Waals surface area contributed by atoms with E-state index in [-0.39, 0.29) is 13.0 Å². The zero-order valence-electron chi connectivity index (χ0n) is 8.27. The minimum atomic E-state index is -0.477. The van der Waals surface area contributed by atoms with E-state index in [1.807, 2.05) is 0 Å². The van der Waals surface area contributed by atoms with Gasteiger partial charge in [-0.25, -0.2) is 4.79 Å². The summed E-state index contributed by atoms with van der Waals surface area (Å²) in [7, 11) is 0. The summed E-state index contributed by atoms with van der Waals surface area (Å²) in [5.74, 6) is -0.923. The summed E-state index contributed by atoms with van der Waals surface area (Å²) in [5, 5.41) is 0. The fourth-order valence-electron chi connectivity index (χ4n) is 1.47. The van der Waals surface area contributed by atoms with Gasteiger partial charge in [-0.05, 0) is 18.2 Å². The molecule has 0 saturated heterocycles. The quantitative estimate of drug-likeness (QED) is 0.921. The Morgan fingerprint density at radius 1 is 1.50 bits per heavy atom. The van der Waals surface area contributed by atoms with Gasteiger partial charge in [0.2, 0.25) is 5.91 Å². The third-order valence-corrected chi connectivity index (χ3v) is 2.71. The van der Waals surface area contributed by atoms with E-state index in [1.54, 1.807) is 18.2 Å². The molecule has 2 N–H and O–H groups in total. The second kappa shape index (κ2) is 4.13. The lowest BCUT2D eigenvalue weighted by Crippen LogP contribution is -2.19. The van der Waals surface area contributed by atoms with Crippen molar-refractivity contribution in [3.63, 3.8) is 0 Å². The molecule has 5 nitrogen and oxygen atoms in total. The Morgan fingerprint density at radius 3 is 2.94 bits per heavy atom. The van der Waals surface area contributed by atoms with E-state index in [0.29, 0.717) is 11.1 Å². The predicted octanol–water partition coefficient (Wildman–Crippen LogP) is 1.23. The lowest BCUT2D eigenvalue weighted by molar-refractivity contribution is -0.118. The van der Waals surface area contributed by atoms with Crippen molar-refractivity contribution in [1.29, 1.82) is 0 Å². The molecule has 0 spiro atoms. The smallest absolute Gasteiger partial charge is 0.408 e. The van der Waals surface area contributed by atoms with Crippen LogP contribution in [0.15, 0.2) is 31.9 Å². The highest BCUT2D eigenvalue weighted by atomic mass is 79.9. The molecule has 0 aliphatic heterocycles. The number of primary amides is 1. The Balaban J connectivity index is 2.48. The number of amides is 1. The average molecular weight is 285 g/mol. The first-order valence-electron chi connectivity index (χ1n) is 4.65. The highest BCUT2D eigenvalue weighted by Crippen LogP contribution is 2.18. The van der Waals surface area contributed by atoms with E-state index >= 15 is 0 Å². The predicted molar refractivity (Wildman–Crippen MR) is 62.0 cm³/mol. The molecule has 0 unspecified atom stereocenters. The van der Waals surface area contributed by atoms with E-state index < -0.39 is 11.7 Å². The lowest BCUT2D eigenvalue weighted by atomic mass is 10.3. The van der Waals surface area contributed by atoms with Gasteiger partial charge in [-0.15, -0.1) is 0 Å². The second-order valence-electron chi connectivity index (χ2n) is 3.35. The van der Waals surface area contributed by atoms with Gasteiger partial charge >= 0.3 is 5.76 Å².